The number of aromatic amines is 1. The van der Waals surface area contributed by atoms with Crippen molar-refractivity contribution in [2.45, 2.75) is 63.8 Å². The van der Waals surface area contributed by atoms with Gasteiger partial charge in [-0.2, -0.15) is 0 Å². The van der Waals surface area contributed by atoms with Crippen LogP contribution in [0.1, 0.15) is 70.4 Å². The van der Waals surface area contributed by atoms with Gasteiger partial charge in [0.2, 0.25) is 10.0 Å². The van der Waals surface area contributed by atoms with Gasteiger partial charge in [-0.15, -0.1) is 6.58 Å². The third kappa shape index (κ3) is 5.43. The number of aryl methyl sites for hydroxylation is 2. The Balaban J connectivity index is 1.58. The summed E-state index contributed by atoms with van der Waals surface area (Å²) in [6.07, 6.45) is 3.30. The lowest BCUT2D eigenvalue weighted by atomic mass is 9.92. The van der Waals surface area contributed by atoms with Crippen LogP contribution in [0.5, 0.6) is 0 Å². The number of fused-ring (bicyclic) bond motifs is 1. The molecule has 1 amide bonds. The molecule has 0 bridgehead atoms. The van der Waals surface area contributed by atoms with Crippen LogP contribution in [0.25, 0.3) is 11.1 Å². The van der Waals surface area contributed by atoms with Gasteiger partial charge < -0.3 is 15.2 Å². The summed E-state index contributed by atoms with van der Waals surface area (Å²) in [5, 5.41) is 2.95. The molecule has 1 atom stereocenters. The van der Waals surface area contributed by atoms with E-state index in [0.717, 1.165) is 34.5 Å². The largest absolute Gasteiger partial charge is 0.348 e. The number of amides is 1. The number of nitrogens with zero attached hydrogens (tertiary/aromatic N) is 2. The molecule has 5 rings (SSSR count). The molecule has 1 fully saturated rings. The number of aromatic nitrogens is 1. The quantitative estimate of drug-likeness (QED) is 0.324. The Hall–Kier alpha value is -3.69. The van der Waals surface area contributed by atoms with E-state index >= 15 is 0 Å². The van der Waals surface area contributed by atoms with Gasteiger partial charge in [-0.25, -0.2) is 8.42 Å². The molecule has 1 aromatic heterocycles. The second kappa shape index (κ2) is 11.2. The summed E-state index contributed by atoms with van der Waals surface area (Å²) in [7, 11) is 0.340. The minimum absolute atomic E-state index is 0.0668. The van der Waals surface area contributed by atoms with E-state index in [1.54, 1.807) is 6.08 Å². The number of nitrogens with one attached hydrogen (secondary N) is 2. The Labute approximate surface area is 248 Å². The van der Waals surface area contributed by atoms with E-state index in [2.05, 4.69) is 33.9 Å². The predicted molar refractivity (Wildman–Crippen MR) is 168 cm³/mol. The molecule has 2 N–H and O–H groups in total. The van der Waals surface area contributed by atoms with Crippen molar-refractivity contribution in [1.82, 2.24) is 15.2 Å². The van der Waals surface area contributed by atoms with Crippen LogP contribution >= 0.6 is 0 Å². The standard InChI is InChI=1S/C33H40N4O4S/c1-7-12-33(13-14-33)42(40,41)37-19-22(3)30-27(31(38)34-18-28-21(2)15-23(4)35-32(28)39)16-26(17-29(30)37)25-10-8-24(9-11-25)20-36(5)6/h7-11,15-17,22H,1,12-14,18-20H2,2-6H3,(H,34,38)(H,35,39). The third-order valence-electron chi connectivity index (χ3n) is 8.47. The number of hydrogen-bond donors (Lipinski definition) is 2. The van der Waals surface area contributed by atoms with Crippen LogP contribution in [0, 0.1) is 13.8 Å². The van der Waals surface area contributed by atoms with E-state index in [4.69, 9.17) is 0 Å². The number of rotatable bonds is 10. The van der Waals surface area contributed by atoms with E-state index in [0.29, 0.717) is 41.6 Å². The van der Waals surface area contributed by atoms with Crippen molar-refractivity contribution in [2.75, 3.05) is 24.9 Å². The lowest BCUT2D eigenvalue weighted by Crippen LogP contribution is -2.39. The fraction of sp³-hybridized carbons (Fsp3) is 0.394. The van der Waals surface area contributed by atoms with E-state index in [1.807, 2.05) is 65.2 Å². The molecule has 0 radical (unpaired) electrons. The molecule has 1 aliphatic heterocycles. The van der Waals surface area contributed by atoms with Crippen molar-refractivity contribution in [3.05, 3.63) is 99.0 Å². The predicted octanol–water partition coefficient (Wildman–Crippen LogP) is 5.01. The van der Waals surface area contributed by atoms with Gasteiger partial charge >= 0.3 is 0 Å². The van der Waals surface area contributed by atoms with Crippen molar-refractivity contribution in [2.24, 2.45) is 0 Å². The number of pyridine rings is 1. The fourth-order valence-electron chi connectivity index (χ4n) is 6.12. The Morgan fingerprint density at radius 3 is 2.43 bits per heavy atom. The normalized spacial score (nSPS) is 17.3. The molecular weight excluding hydrogens is 548 g/mol. The first kappa shape index (κ1) is 29.8. The third-order valence-corrected chi connectivity index (χ3v) is 11.1. The lowest BCUT2D eigenvalue weighted by molar-refractivity contribution is 0.0949. The number of sulfonamides is 1. The van der Waals surface area contributed by atoms with Crippen molar-refractivity contribution in [1.29, 1.82) is 0 Å². The molecular formula is C33H40N4O4S. The van der Waals surface area contributed by atoms with Crippen LogP contribution in [0.15, 0.2) is 59.9 Å². The van der Waals surface area contributed by atoms with Gasteiger partial charge in [0.05, 0.1) is 10.4 Å². The minimum Gasteiger partial charge on any atom is -0.348 e. The first-order valence-electron chi connectivity index (χ1n) is 14.4. The maximum Gasteiger partial charge on any atom is 0.253 e. The zero-order valence-corrected chi connectivity index (χ0v) is 25.9. The van der Waals surface area contributed by atoms with E-state index in [1.165, 1.54) is 4.31 Å². The van der Waals surface area contributed by atoms with Gasteiger partial charge in [0.1, 0.15) is 0 Å². The molecule has 222 valence electrons. The summed E-state index contributed by atoms with van der Waals surface area (Å²) in [5.74, 6) is -0.522. The highest BCUT2D eigenvalue weighted by Crippen LogP contribution is 2.52. The smallest absolute Gasteiger partial charge is 0.253 e. The number of benzene rings is 2. The molecule has 2 heterocycles. The summed E-state index contributed by atoms with van der Waals surface area (Å²) in [4.78, 5) is 31.3. The topological polar surface area (TPSA) is 103 Å². The van der Waals surface area contributed by atoms with Crippen LogP contribution in [0.4, 0.5) is 5.69 Å². The number of anilines is 1. The van der Waals surface area contributed by atoms with E-state index < -0.39 is 14.8 Å². The lowest BCUT2D eigenvalue weighted by Gasteiger charge is -2.26. The molecule has 0 spiro atoms. The Bertz CT molecular complexity index is 1700. The van der Waals surface area contributed by atoms with Crippen LogP contribution in [0.2, 0.25) is 0 Å². The molecule has 9 heteroatoms. The van der Waals surface area contributed by atoms with E-state index in [-0.39, 0.29) is 30.5 Å². The number of H-pyrrole nitrogens is 1. The van der Waals surface area contributed by atoms with Gasteiger partial charge in [0, 0.05) is 42.4 Å². The first-order chi connectivity index (χ1) is 19.9. The number of hydrogen-bond acceptors (Lipinski definition) is 5. The summed E-state index contributed by atoms with van der Waals surface area (Å²) in [6.45, 7) is 10.6. The van der Waals surface area contributed by atoms with Crippen molar-refractivity contribution in [3.63, 3.8) is 0 Å². The number of carbonyl (C=O) groups excluding carboxylic acids is 1. The minimum atomic E-state index is -3.69. The second-order valence-electron chi connectivity index (χ2n) is 12.1. The molecule has 2 aliphatic rings. The Morgan fingerprint density at radius 1 is 1.14 bits per heavy atom. The number of allylic oxidation sites excluding steroid dienone is 1. The van der Waals surface area contributed by atoms with Crippen molar-refractivity contribution < 1.29 is 13.2 Å². The van der Waals surface area contributed by atoms with Crippen LogP contribution < -0.4 is 15.2 Å². The summed E-state index contributed by atoms with van der Waals surface area (Å²) < 4.78 is 28.8. The van der Waals surface area contributed by atoms with Gasteiger partial charge in [-0.1, -0.05) is 37.3 Å². The van der Waals surface area contributed by atoms with Crippen molar-refractivity contribution >= 4 is 21.6 Å². The van der Waals surface area contributed by atoms with Crippen LogP contribution in [-0.4, -0.2) is 49.6 Å². The highest BCUT2D eigenvalue weighted by atomic mass is 32.2. The van der Waals surface area contributed by atoms with Gasteiger partial charge in [0.15, 0.2) is 0 Å². The van der Waals surface area contributed by atoms with Gasteiger partial charge in [-0.05, 0) is 93.2 Å². The van der Waals surface area contributed by atoms with Crippen LogP contribution in [-0.2, 0) is 23.1 Å². The van der Waals surface area contributed by atoms with Gasteiger partial charge in [-0.3, -0.25) is 13.9 Å². The van der Waals surface area contributed by atoms with Gasteiger partial charge in [0.25, 0.3) is 11.5 Å². The molecule has 0 saturated heterocycles. The van der Waals surface area contributed by atoms with Crippen molar-refractivity contribution in [3.8, 4) is 11.1 Å². The Kier molecular flexibility index (Phi) is 7.94. The zero-order chi connectivity index (χ0) is 30.4. The summed E-state index contributed by atoms with van der Waals surface area (Å²) in [6, 6.07) is 13.8. The molecule has 2 aromatic carbocycles. The van der Waals surface area contributed by atoms with Crippen LogP contribution in [0.3, 0.4) is 0 Å². The summed E-state index contributed by atoms with van der Waals surface area (Å²) in [5.41, 5.74) is 6.34. The molecule has 1 unspecified atom stereocenters. The number of carbonyl (C=O) groups is 1. The zero-order valence-electron chi connectivity index (χ0n) is 25.1. The molecule has 1 aliphatic carbocycles. The highest BCUT2D eigenvalue weighted by molar-refractivity contribution is 7.94. The fourth-order valence-corrected chi connectivity index (χ4v) is 8.36. The molecule has 3 aromatic rings. The molecule has 1 saturated carbocycles. The maximum atomic E-state index is 14.0. The maximum absolute atomic E-state index is 14.0. The molecule has 42 heavy (non-hydrogen) atoms. The Morgan fingerprint density at radius 2 is 1.83 bits per heavy atom. The SMILES string of the molecule is C=CCC1(S(=O)(=O)N2CC(C)c3c(C(=O)NCc4c(C)cc(C)[nH]c4=O)cc(-c4ccc(CN(C)C)cc4)cc32)CC1. The molecule has 8 nitrogen and oxygen atoms in total. The van der Waals surface area contributed by atoms with E-state index in [9.17, 15) is 18.0 Å². The monoisotopic (exact) mass is 588 g/mol. The highest BCUT2D eigenvalue weighted by Gasteiger charge is 2.57. The first-order valence-corrected chi connectivity index (χ1v) is 15.8. The average molecular weight is 589 g/mol. The average Bonchev–Trinajstić information content (AvgIpc) is 3.64. The second-order valence-corrected chi connectivity index (χ2v) is 14.4. The summed E-state index contributed by atoms with van der Waals surface area (Å²) >= 11 is 0.